The van der Waals surface area contributed by atoms with E-state index in [0.29, 0.717) is 23.6 Å². The van der Waals surface area contributed by atoms with Gasteiger partial charge in [-0.1, -0.05) is 24.3 Å². The molecule has 0 spiro atoms. The molecule has 1 aromatic carbocycles. The van der Waals surface area contributed by atoms with Gasteiger partial charge in [0.15, 0.2) is 0 Å². The Labute approximate surface area is 150 Å². The van der Waals surface area contributed by atoms with Crippen LogP contribution in [0.5, 0.6) is 5.75 Å². The van der Waals surface area contributed by atoms with E-state index in [4.69, 9.17) is 11.2 Å². The van der Waals surface area contributed by atoms with E-state index in [1.165, 1.54) is 6.07 Å². The number of benzene rings is 1. The zero-order valence-corrected chi connectivity index (χ0v) is 14.7. The van der Waals surface area contributed by atoms with Gasteiger partial charge in [-0.05, 0) is 30.3 Å². The van der Waals surface area contributed by atoms with Gasteiger partial charge in [0.25, 0.3) is 0 Å². The topological polar surface area (TPSA) is 12.5 Å². The number of hydrogen-bond acceptors (Lipinski definition) is 2. The maximum atomic E-state index is 14.2. The fourth-order valence-electron chi connectivity index (χ4n) is 2.07. The van der Waals surface area contributed by atoms with Crippen LogP contribution in [0.1, 0.15) is 12.5 Å². The van der Waals surface area contributed by atoms with Crippen molar-refractivity contribution in [1.82, 2.24) is 4.90 Å². The zero-order chi connectivity index (χ0) is 14.5. The van der Waals surface area contributed by atoms with Crippen LogP contribution in [0.3, 0.4) is 0 Å². The van der Waals surface area contributed by atoms with Gasteiger partial charge in [-0.25, -0.2) is 4.39 Å². The van der Waals surface area contributed by atoms with Crippen molar-refractivity contribution < 1.29 is 41.8 Å². The molecule has 1 heterocycles. The summed E-state index contributed by atoms with van der Waals surface area (Å²) in [5, 5.41) is 0. The third kappa shape index (κ3) is 3.84. The number of hydrogen-bond donors (Lipinski definition) is 0. The Balaban J connectivity index is 0.00000220. The molecule has 2 rings (SSSR count). The molecule has 0 aromatic heterocycles. The van der Waals surface area contributed by atoms with Crippen molar-refractivity contribution >= 4 is 5.70 Å². The minimum Gasteiger partial charge on any atom is -0.493 e. The number of allylic oxidation sites excluding steroid dienone is 3. The Kier molecular flexibility index (Phi) is 6.88. The number of likely N-dealkylation sites (N-methyl/N-ethyl adjacent to an activating group) is 1. The number of rotatable bonds is 4. The average Bonchev–Trinajstić information content (AvgIpc) is 2.45. The molecule has 0 aliphatic carbocycles. The molecule has 0 saturated carbocycles. The van der Waals surface area contributed by atoms with Crippen LogP contribution in [-0.4, -0.2) is 18.1 Å². The summed E-state index contributed by atoms with van der Waals surface area (Å²) in [5.74, 6) is 2.42. The van der Waals surface area contributed by atoms with Gasteiger partial charge in [-0.3, -0.25) is 0 Å². The monoisotopic (exact) mass is 357 g/mol. The van der Waals surface area contributed by atoms with Crippen LogP contribution in [0.2, 0.25) is 0 Å². The van der Waals surface area contributed by atoms with E-state index >= 15 is 0 Å². The second-order valence-electron chi connectivity index (χ2n) is 4.17. The summed E-state index contributed by atoms with van der Waals surface area (Å²) in [5.41, 5.74) is 1.74. The maximum absolute atomic E-state index is 14.2. The van der Waals surface area contributed by atoms with E-state index in [9.17, 15) is 4.39 Å². The minimum atomic E-state index is -0.372. The van der Waals surface area contributed by atoms with Gasteiger partial charge in [-0.15, -0.1) is 12.5 Å². The summed E-state index contributed by atoms with van der Waals surface area (Å²) in [6.07, 6.45) is 11.8. The molecule has 1 radical (unpaired) electrons. The SMILES string of the molecule is C#CCOc1cccc(F)c1C1=[C-]C=CC(=C)N1CC.[Y]. The molecule has 0 saturated heterocycles. The molecule has 1 aliphatic heterocycles. The van der Waals surface area contributed by atoms with Crippen LogP contribution in [0.25, 0.3) is 5.70 Å². The first kappa shape index (κ1) is 17.7. The molecular weight excluding hydrogens is 342 g/mol. The van der Waals surface area contributed by atoms with Crippen LogP contribution in [0, 0.1) is 24.2 Å². The van der Waals surface area contributed by atoms with E-state index < -0.39 is 0 Å². The Morgan fingerprint density at radius 2 is 2.24 bits per heavy atom. The smallest absolute Gasteiger partial charge is 0.147 e. The first-order chi connectivity index (χ1) is 9.69. The zero-order valence-electron chi connectivity index (χ0n) is 11.9. The predicted molar refractivity (Wildman–Crippen MR) is 78.0 cm³/mol. The van der Waals surface area contributed by atoms with Crippen LogP contribution < -0.4 is 4.74 Å². The Bertz CT molecular complexity index is 628. The molecule has 0 atom stereocenters. The second-order valence-corrected chi connectivity index (χ2v) is 4.17. The van der Waals surface area contributed by atoms with Gasteiger partial charge in [0.2, 0.25) is 0 Å². The van der Waals surface area contributed by atoms with Crippen molar-refractivity contribution in [1.29, 1.82) is 0 Å². The molecule has 0 fully saturated rings. The molecular formula is C17H15FNOY-. The number of terminal acetylenes is 1. The van der Waals surface area contributed by atoms with Crippen LogP contribution in [0.15, 0.2) is 42.6 Å². The molecule has 4 heteroatoms. The van der Waals surface area contributed by atoms with E-state index in [1.807, 2.05) is 17.9 Å². The molecule has 1 aromatic rings. The fourth-order valence-corrected chi connectivity index (χ4v) is 2.07. The third-order valence-electron chi connectivity index (χ3n) is 2.95. The van der Waals surface area contributed by atoms with Crippen molar-refractivity contribution in [3.05, 3.63) is 60.1 Å². The van der Waals surface area contributed by atoms with E-state index in [0.717, 1.165) is 5.70 Å². The summed E-state index contributed by atoms with van der Waals surface area (Å²) in [6, 6.07) is 4.68. The van der Waals surface area contributed by atoms with Crippen molar-refractivity contribution in [3.63, 3.8) is 0 Å². The second kappa shape index (κ2) is 8.17. The summed E-state index contributed by atoms with van der Waals surface area (Å²) >= 11 is 0. The molecule has 0 amide bonds. The quantitative estimate of drug-likeness (QED) is 0.605. The fraction of sp³-hybridized carbons (Fsp3) is 0.176. The summed E-state index contributed by atoms with van der Waals surface area (Å²) < 4.78 is 19.7. The van der Waals surface area contributed by atoms with Crippen molar-refractivity contribution in [3.8, 4) is 18.1 Å². The first-order valence-corrected chi connectivity index (χ1v) is 6.30. The first-order valence-electron chi connectivity index (χ1n) is 6.30. The minimum absolute atomic E-state index is 0. The molecule has 0 N–H and O–H groups in total. The van der Waals surface area contributed by atoms with Gasteiger partial charge < -0.3 is 9.64 Å². The van der Waals surface area contributed by atoms with E-state index in [-0.39, 0.29) is 45.1 Å². The van der Waals surface area contributed by atoms with Gasteiger partial charge in [0.05, 0.1) is 11.6 Å². The van der Waals surface area contributed by atoms with Crippen LogP contribution in [-0.2, 0) is 32.7 Å². The molecule has 2 nitrogen and oxygen atoms in total. The van der Waals surface area contributed by atoms with Gasteiger partial charge in [0.1, 0.15) is 6.61 Å². The molecule has 1 aliphatic rings. The van der Waals surface area contributed by atoms with Crippen LogP contribution >= 0.6 is 0 Å². The summed E-state index contributed by atoms with van der Waals surface area (Å²) in [7, 11) is 0. The van der Waals surface area contributed by atoms with Gasteiger partial charge in [0, 0.05) is 39.3 Å². The Morgan fingerprint density at radius 3 is 2.90 bits per heavy atom. The van der Waals surface area contributed by atoms with Gasteiger partial charge in [-0.2, -0.15) is 12.2 Å². The Morgan fingerprint density at radius 1 is 1.48 bits per heavy atom. The van der Waals surface area contributed by atoms with Crippen molar-refractivity contribution in [2.24, 2.45) is 0 Å². The van der Waals surface area contributed by atoms with Gasteiger partial charge >= 0.3 is 0 Å². The van der Waals surface area contributed by atoms with E-state index in [1.54, 1.807) is 18.2 Å². The molecule has 105 valence electrons. The van der Waals surface area contributed by atoms with Crippen molar-refractivity contribution in [2.45, 2.75) is 6.92 Å². The molecule has 21 heavy (non-hydrogen) atoms. The number of nitrogens with zero attached hydrogens (tertiary/aromatic N) is 1. The molecule has 0 unspecified atom stereocenters. The van der Waals surface area contributed by atoms with Crippen LogP contribution in [0.4, 0.5) is 4.39 Å². The molecule has 0 bridgehead atoms. The largest absolute Gasteiger partial charge is 0.493 e. The standard InChI is InChI=1S/C17H15FNO.Y/c1-4-12-20-16-11-7-9-14(18)17(16)15-10-6-8-13(3)19(15)5-2;/h1,6-9,11H,3,5,12H2,2H3;/q-1;. The average molecular weight is 357 g/mol. The predicted octanol–water partition coefficient (Wildman–Crippen LogP) is 3.38. The maximum Gasteiger partial charge on any atom is 0.147 e. The summed E-state index contributed by atoms with van der Waals surface area (Å²) in [4.78, 5) is 1.88. The van der Waals surface area contributed by atoms with E-state index in [2.05, 4.69) is 18.6 Å². The number of ether oxygens (including phenoxy) is 1. The Hall–Kier alpha value is -1.37. The van der Waals surface area contributed by atoms with Crippen molar-refractivity contribution in [2.75, 3.05) is 13.2 Å². The normalized spacial score (nSPS) is 13.3. The third-order valence-corrected chi connectivity index (χ3v) is 2.95. The summed E-state index contributed by atoms with van der Waals surface area (Å²) in [6.45, 7) is 6.66. The number of halogens is 1.